The highest BCUT2D eigenvalue weighted by Gasteiger charge is 2.30. The van der Waals surface area contributed by atoms with Gasteiger partial charge in [0.1, 0.15) is 0 Å². The molecular weight excluding hydrogens is 306 g/mol. The average Bonchev–Trinajstić information content (AvgIpc) is 3.03. The lowest BCUT2D eigenvalue weighted by Crippen LogP contribution is -2.33. The second-order valence-corrected chi connectivity index (χ2v) is 7.34. The first-order chi connectivity index (χ1) is 11.3. The van der Waals surface area contributed by atoms with Gasteiger partial charge >= 0.3 is 5.97 Å². The quantitative estimate of drug-likeness (QED) is 0.801. The largest absolute Gasteiger partial charge is 0.481 e. The number of hydrogen-bond acceptors (Lipinski definition) is 3. The lowest BCUT2D eigenvalue weighted by Gasteiger charge is -2.12. The third kappa shape index (κ3) is 4.58. The minimum absolute atomic E-state index is 0.00134. The Labute approximate surface area is 143 Å². The van der Waals surface area contributed by atoms with Gasteiger partial charge in [0.25, 0.3) is 0 Å². The molecule has 1 aromatic heterocycles. The zero-order valence-electron chi connectivity index (χ0n) is 15.1. The van der Waals surface area contributed by atoms with Crippen LogP contribution in [0.25, 0.3) is 0 Å². The van der Waals surface area contributed by atoms with Crippen molar-refractivity contribution in [1.82, 2.24) is 15.1 Å². The van der Waals surface area contributed by atoms with Gasteiger partial charge in [-0.15, -0.1) is 0 Å². The van der Waals surface area contributed by atoms with E-state index in [4.69, 9.17) is 5.11 Å². The van der Waals surface area contributed by atoms with Gasteiger partial charge in [0.15, 0.2) is 0 Å². The van der Waals surface area contributed by atoms with E-state index in [1.807, 2.05) is 11.6 Å². The molecule has 6 nitrogen and oxygen atoms in total. The van der Waals surface area contributed by atoms with Gasteiger partial charge in [-0.05, 0) is 51.0 Å². The van der Waals surface area contributed by atoms with Crippen molar-refractivity contribution >= 4 is 11.9 Å². The summed E-state index contributed by atoms with van der Waals surface area (Å²) in [6, 6.07) is 0.00413. The van der Waals surface area contributed by atoms with E-state index < -0.39 is 5.97 Å². The monoisotopic (exact) mass is 335 g/mol. The molecule has 0 spiro atoms. The minimum Gasteiger partial charge on any atom is -0.481 e. The van der Waals surface area contributed by atoms with Crippen molar-refractivity contribution in [2.75, 3.05) is 0 Å². The summed E-state index contributed by atoms with van der Waals surface area (Å²) in [7, 11) is 0. The van der Waals surface area contributed by atoms with Crippen molar-refractivity contribution in [1.29, 1.82) is 0 Å². The van der Waals surface area contributed by atoms with Crippen LogP contribution < -0.4 is 5.32 Å². The molecule has 0 aromatic carbocycles. The van der Waals surface area contributed by atoms with Crippen LogP contribution >= 0.6 is 0 Å². The first-order valence-electron chi connectivity index (χ1n) is 8.83. The molecule has 1 saturated carbocycles. The molecule has 0 aliphatic heterocycles. The van der Waals surface area contributed by atoms with Crippen LogP contribution in [0.2, 0.25) is 0 Å². The van der Waals surface area contributed by atoms with Crippen LogP contribution in [0, 0.1) is 25.7 Å². The van der Waals surface area contributed by atoms with Crippen molar-refractivity contribution in [2.45, 2.75) is 72.4 Å². The second-order valence-electron chi connectivity index (χ2n) is 7.34. The Morgan fingerprint density at radius 3 is 2.62 bits per heavy atom. The molecule has 1 fully saturated rings. The summed E-state index contributed by atoms with van der Waals surface area (Å²) in [6.45, 7) is 9.26. The van der Waals surface area contributed by atoms with E-state index in [0.717, 1.165) is 29.9 Å². The Balaban J connectivity index is 1.86. The van der Waals surface area contributed by atoms with Crippen LogP contribution in [0.1, 0.15) is 56.5 Å². The summed E-state index contributed by atoms with van der Waals surface area (Å²) in [5, 5.41) is 16.6. The van der Waals surface area contributed by atoms with E-state index in [0.29, 0.717) is 31.6 Å². The van der Waals surface area contributed by atoms with Crippen LogP contribution in [0.4, 0.5) is 0 Å². The van der Waals surface area contributed by atoms with Crippen LogP contribution in [-0.4, -0.2) is 32.8 Å². The molecule has 134 valence electrons. The number of amides is 1. The van der Waals surface area contributed by atoms with Gasteiger partial charge < -0.3 is 10.4 Å². The number of rotatable bonds is 7. The molecule has 1 aromatic rings. The maximum absolute atomic E-state index is 12.2. The fourth-order valence-corrected chi connectivity index (χ4v) is 3.49. The third-order valence-corrected chi connectivity index (χ3v) is 4.82. The third-order valence-electron chi connectivity index (χ3n) is 4.82. The molecule has 24 heavy (non-hydrogen) atoms. The fourth-order valence-electron chi connectivity index (χ4n) is 3.49. The molecule has 0 radical (unpaired) electrons. The van der Waals surface area contributed by atoms with Gasteiger partial charge in [0.05, 0.1) is 11.6 Å². The Hall–Kier alpha value is -1.85. The van der Waals surface area contributed by atoms with E-state index in [2.05, 4.69) is 31.2 Å². The number of aliphatic carboxylic acids is 1. The van der Waals surface area contributed by atoms with Crippen LogP contribution in [0.5, 0.6) is 0 Å². The van der Waals surface area contributed by atoms with Crippen LogP contribution in [-0.2, 0) is 22.6 Å². The van der Waals surface area contributed by atoms with Crippen molar-refractivity contribution in [3.05, 3.63) is 17.0 Å². The number of carbonyl (C=O) groups is 2. The van der Waals surface area contributed by atoms with Gasteiger partial charge in [-0.25, -0.2) is 0 Å². The first kappa shape index (κ1) is 18.5. The van der Waals surface area contributed by atoms with Crippen LogP contribution in [0.15, 0.2) is 0 Å². The van der Waals surface area contributed by atoms with Crippen LogP contribution in [0.3, 0.4) is 0 Å². The molecular formula is C18H29N3O3. The van der Waals surface area contributed by atoms with E-state index in [1.165, 1.54) is 0 Å². The van der Waals surface area contributed by atoms with Crippen molar-refractivity contribution in [3.63, 3.8) is 0 Å². The molecule has 1 aliphatic carbocycles. The predicted molar refractivity (Wildman–Crippen MR) is 91.8 cm³/mol. The van der Waals surface area contributed by atoms with E-state index in [9.17, 15) is 9.59 Å². The summed E-state index contributed by atoms with van der Waals surface area (Å²) in [5.41, 5.74) is 3.29. The number of nitrogens with one attached hydrogen (secondary N) is 1. The summed E-state index contributed by atoms with van der Waals surface area (Å²) >= 11 is 0. The van der Waals surface area contributed by atoms with Gasteiger partial charge in [-0.1, -0.05) is 13.8 Å². The SMILES string of the molecule is Cc1nn(CC(C)C)c(C)c1CCC(=O)N[C@H]1CC[C@@H](C(=O)O)C1. The summed E-state index contributed by atoms with van der Waals surface area (Å²) in [6.07, 6.45) is 3.05. The lowest BCUT2D eigenvalue weighted by molar-refractivity contribution is -0.141. The topological polar surface area (TPSA) is 84.2 Å². The predicted octanol–water partition coefficient (Wildman–Crippen LogP) is 2.46. The zero-order valence-corrected chi connectivity index (χ0v) is 15.1. The zero-order chi connectivity index (χ0) is 17.9. The molecule has 6 heteroatoms. The number of carboxylic acids is 1. The molecule has 2 rings (SSSR count). The number of aryl methyl sites for hydroxylation is 1. The second kappa shape index (κ2) is 7.81. The molecule has 0 bridgehead atoms. The number of aromatic nitrogens is 2. The van der Waals surface area contributed by atoms with E-state index >= 15 is 0 Å². The lowest BCUT2D eigenvalue weighted by atomic mass is 10.1. The van der Waals surface area contributed by atoms with Gasteiger partial charge in [-0.2, -0.15) is 5.10 Å². The van der Waals surface area contributed by atoms with E-state index in [-0.39, 0.29) is 17.9 Å². The minimum atomic E-state index is -0.754. The molecule has 0 unspecified atom stereocenters. The number of hydrogen-bond donors (Lipinski definition) is 2. The van der Waals surface area contributed by atoms with Crippen molar-refractivity contribution < 1.29 is 14.7 Å². The highest BCUT2D eigenvalue weighted by atomic mass is 16.4. The average molecular weight is 335 g/mol. The Bertz CT molecular complexity index is 607. The number of carboxylic acid groups (broad SMARTS) is 1. The fraction of sp³-hybridized carbons (Fsp3) is 0.722. The highest BCUT2D eigenvalue weighted by Crippen LogP contribution is 2.25. The summed E-state index contributed by atoms with van der Waals surface area (Å²) in [5.74, 6) is -0.533. The van der Waals surface area contributed by atoms with Crippen molar-refractivity contribution in [3.8, 4) is 0 Å². The van der Waals surface area contributed by atoms with Gasteiger partial charge in [0.2, 0.25) is 5.91 Å². The molecule has 1 amide bonds. The standard InChI is InChI=1S/C18H29N3O3/c1-11(2)10-21-13(4)16(12(3)20-21)7-8-17(22)19-15-6-5-14(9-15)18(23)24/h11,14-15H,5-10H2,1-4H3,(H,19,22)(H,23,24)/t14-,15+/m1/s1. The molecule has 2 N–H and O–H groups in total. The Morgan fingerprint density at radius 1 is 1.33 bits per heavy atom. The Kier molecular flexibility index (Phi) is 6.02. The molecule has 2 atom stereocenters. The summed E-state index contributed by atoms with van der Waals surface area (Å²) in [4.78, 5) is 23.1. The van der Waals surface area contributed by atoms with Gasteiger partial charge in [-0.3, -0.25) is 14.3 Å². The molecule has 1 aliphatic rings. The normalized spacial score (nSPS) is 20.5. The highest BCUT2D eigenvalue weighted by molar-refractivity contribution is 5.77. The number of nitrogens with zero attached hydrogens (tertiary/aromatic N) is 2. The smallest absolute Gasteiger partial charge is 0.306 e. The van der Waals surface area contributed by atoms with E-state index in [1.54, 1.807) is 0 Å². The number of carbonyl (C=O) groups excluding carboxylic acids is 1. The summed E-state index contributed by atoms with van der Waals surface area (Å²) < 4.78 is 2.03. The molecule has 1 heterocycles. The maximum Gasteiger partial charge on any atom is 0.306 e. The first-order valence-corrected chi connectivity index (χ1v) is 8.83. The van der Waals surface area contributed by atoms with Crippen molar-refractivity contribution in [2.24, 2.45) is 11.8 Å². The molecule has 0 saturated heterocycles. The van der Waals surface area contributed by atoms with Gasteiger partial charge in [0, 0.05) is 24.7 Å². The Morgan fingerprint density at radius 2 is 2.04 bits per heavy atom. The maximum atomic E-state index is 12.2.